The van der Waals surface area contributed by atoms with Gasteiger partial charge >= 0.3 is 0 Å². The Morgan fingerprint density at radius 3 is 3.18 bits per heavy atom. The van der Waals surface area contributed by atoms with E-state index in [1.165, 1.54) is 19.4 Å². The van der Waals surface area contributed by atoms with Gasteiger partial charge in [-0.3, -0.25) is 0 Å². The zero-order valence-corrected chi connectivity index (χ0v) is 11.0. The molecule has 4 nitrogen and oxygen atoms in total. The summed E-state index contributed by atoms with van der Waals surface area (Å²) >= 11 is 0. The quantitative estimate of drug-likeness (QED) is 0.799. The monoisotopic (exact) mass is 242 g/mol. The Balaban J connectivity index is 1.89. The minimum atomic E-state index is 0.0613. The van der Waals surface area contributed by atoms with E-state index in [9.17, 15) is 0 Å². The van der Waals surface area contributed by atoms with E-state index in [-0.39, 0.29) is 5.60 Å². The van der Waals surface area contributed by atoms with Crippen LogP contribution in [0.4, 0.5) is 0 Å². The van der Waals surface area contributed by atoms with Crippen molar-refractivity contribution in [2.24, 2.45) is 5.73 Å². The molecule has 0 amide bonds. The van der Waals surface area contributed by atoms with Crippen molar-refractivity contribution in [3.8, 4) is 0 Å². The van der Waals surface area contributed by atoms with Crippen LogP contribution in [0.5, 0.6) is 0 Å². The van der Waals surface area contributed by atoms with Gasteiger partial charge in [-0.25, -0.2) is 0 Å². The van der Waals surface area contributed by atoms with Gasteiger partial charge in [-0.1, -0.05) is 0 Å². The third kappa shape index (κ3) is 3.41. The molecule has 0 radical (unpaired) electrons. The molecule has 2 aliphatic rings. The zero-order chi connectivity index (χ0) is 12.1. The van der Waals surface area contributed by atoms with Gasteiger partial charge in [0.1, 0.15) is 0 Å². The fourth-order valence-corrected chi connectivity index (χ4v) is 3.16. The SMILES string of the molecule is COC1CCOC2(CCCN(CCCN)C2)C1. The number of hydrogen-bond acceptors (Lipinski definition) is 4. The Morgan fingerprint density at radius 1 is 1.53 bits per heavy atom. The lowest BCUT2D eigenvalue weighted by molar-refractivity contribution is -0.152. The van der Waals surface area contributed by atoms with Gasteiger partial charge in [-0.05, 0) is 45.3 Å². The van der Waals surface area contributed by atoms with Crippen molar-refractivity contribution in [3.05, 3.63) is 0 Å². The molecule has 2 unspecified atom stereocenters. The van der Waals surface area contributed by atoms with Gasteiger partial charge in [0, 0.05) is 26.7 Å². The van der Waals surface area contributed by atoms with Crippen molar-refractivity contribution in [3.63, 3.8) is 0 Å². The van der Waals surface area contributed by atoms with Crippen LogP contribution < -0.4 is 5.73 Å². The van der Waals surface area contributed by atoms with Crippen LogP contribution in [0.15, 0.2) is 0 Å². The van der Waals surface area contributed by atoms with Gasteiger partial charge in [0.25, 0.3) is 0 Å². The minimum absolute atomic E-state index is 0.0613. The molecule has 2 fully saturated rings. The largest absolute Gasteiger partial charge is 0.381 e. The molecule has 2 aliphatic heterocycles. The van der Waals surface area contributed by atoms with Gasteiger partial charge < -0.3 is 20.1 Å². The van der Waals surface area contributed by atoms with E-state index in [0.29, 0.717) is 6.10 Å². The summed E-state index contributed by atoms with van der Waals surface area (Å²) in [6.07, 6.45) is 6.00. The molecule has 0 aromatic rings. The van der Waals surface area contributed by atoms with Crippen molar-refractivity contribution in [1.29, 1.82) is 0 Å². The van der Waals surface area contributed by atoms with Crippen molar-refractivity contribution in [2.45, 2.75) is 43.8 Å². The summed E-state index contributed by atoms with van der Waals surface area (Å²) in [7, 11) is 1.82. The Labute approximate surface area is 104 Å². The first-order chi connectivity index (χ1) is 8.28. The first kappa shape index (κ1) is 13.3. The number of ether oxygens (including phenoxy) is 2. The third-order valence-corrected chi connectivity index (χ3v) is 4.08. The van der Waals surface area contributed by atoms with Gasteiger partial charge in [-0.15, -0.1) is 0 Å². The molecule has 2 atom stereocenters. The summed E-state index contributed by atoms with van der Waals surface area (Å²) in [5.74, 6) is 0. The summed E-state index contributed by atoms with van der Waals surface area (Å²) < 4.78 is 11.6. The van der Waals surface area contributed by atoms with E-state index in [1.54, 1.807) is 0 Å². The average Bonchev–Trinajstić information content (AvgIpc) is 2.36. The van der Waals surface area contributed by atoms with Crippen LogP contribution in [-0.2, 0) is 9.47 Å². The summed E-state index contributed by atoms with van der Waals surface area (Å²) in [5.41, 5.74) is 5.64. The fraction of sp³-hybridized carbons (Fsp3) is 1.00. The predicted octanol–water partition coefficient (Wildman–Crippen LogP) is 0.995. The molecule has 0 aromatic heterocycles. The number of piperidine rings is 1. The number of nitrogens with zero attached hydrogens (tertiary/aromatic N) is 1. The highest BCUT2D eigenvalue weighted by Crippen LogP contribution is 2.34. The molecule has 2 N–H and O–H groups in total. The predicted molar refractivity (Wildman–Crippen MR) is 68.1 cm³/mol. The smallest absolute Gasteiger partial charge is 0.0833 e. The Morgan fingerprint density at radius 2 is 2.41 bits per heavy atom. The first-order valence-electron chi connectivity index (χ1n) is 6.87. The number of methoxy groups -OCH3 is 1. The molecule has 0 saturated carbocycles. The lowest BCUT2D eigenvalue weighted by Crippen LogP contribution is -2.54. The van der Waals surface area contributed by atoms with Crippen LogP contribution in [0.1, 0.15) is 32.1 Å². The molecule has 2 heterocycles. The second-order valence-corrected chi connectivity index (χ2v) is 5.40. The highest BCUT2D eigenvalue weighted by molar-refractivity contribution is 4.93. The van der Waals surface area contributed by atoms with Crippen molar-refractivity contribution < 1.29 is 9.47 Å². The van der Waals surface area contributed by atoms with Crippen LogP contribution in [0.3, 0.4) is 0 Å². The maximum Gasteiger partial charge on any atom is 0.0833 e. The molecule has 4 heteroatoms. The maximum atomic E-state index is 6.10. The van der Waals surface area contributed by atoms with Crippen molar-refractivity contribution in [2.75, 3.05) is 39.9 Å². The number of hydrogen-bond donors (Lipinski definition) is 1. The minimum Gasteiger partial charge on any atom is -0.381 e. The van der Waals surface area contributed by atoms with E-state index >= 15 is 0 Å². The topological polar surface area (TPSA) is 47.7 Å². The van der Waals surface area contributed by atoms with Crippen LogP contribution in [-0.4, -0.2) is 56.5 Å². The van der Waals surface area contributed by atoms with Crippen molar-refractivity contribution >= 4 is 0 Å². The van der Waals surface area contributed by atoms with E-state index < -0.39 is 0 Å². The van der Waals surface area contributed by atoms with Gasteiger partial charge in [-0.2, -0.15) is 0 Å². The van der Waals surface area contributed by atoms with E-state index in [0.717, 1.165) is 45.5 Å². The second kappa shape index (κ2) is 6.14. The van der Waals surface area contributed by atoms with Crippen LogP contribution in [0.25, 0.3) is 0 Å². The summed E-state index contributed by atoms with van der Waals surface area (Å²) in [4.78, 5) is 2.51. The van der Waals surface area contributed by atoms with E-state index in [2.05, 4.69) is 4.90 Å². The molecule has 0 aromatic carbocycles. The van der Waals surface area contributed by atoms with E-state index in [4.69, 9.17) is 15.2 Å². The number of nitrogens with two attached hydrogens (primary N) is 1. The molecule has 17 heavy (non-hydrogen) atoms. The Bertz CT molecular complexity index is 233. The summed E-state index contributed by atoms with van der Waals surface area (Å²) in [5, 5.41) is 0. The third-order valence-electron chi connectivity index (χ3n) is 4.08. The standard InChI is InChI=1S/C13H26N2O2/c1-16-12-4-9-17-13(10-12)5-2-7-15(11-13)8-3-6-14/h12H,2-11,14H2,1H3. The second-order valence-electron chi connectivity index (χ2n) is 5.40. The van der Waals surface area contributed by atoms with Gasteiger partial charge in [0.2, 0.25) is 0 Å². The molecule has 1 spiro atoms. The highest BCUT2D eigenvalue weighted by atomic mass is 16.5. The van der Waals surface area contributed by atoms with Crippen molar-refractivity contribution in [1.82, 2.24) is 4.90 Å². The lowest BCUT2D eigenvalue weighted by Gasteiger charge is -2.46. The van der Waals surface area contributed by atoms with Gasteiger partial charge in [0.15, 0.2) is 0 Å². The molecular formula is C13H26N2O2. The van der Waals surface area contributed by atoms with Crippen LogP contribution in [0, 0.1) is 0 Å². The molecule has 0 aliphatic carbocycles. The molecule has 100 valence electrons. The van der Waals surface area contributed by atoms with Gasteiger partial charge in [0.05, 0.1) is 11.7 Å². The summed E-state index contributed by atoms with van der Waals surface area (Å²) in [6.45, 7) is 5.00. The summed E-state index contributed by atoms with van der Waals surface area (Å²) in [6, 6.07) is 0. The first-order valence-corrected chi connectivity index (χ1v) is 6.87. The Hall–Kier alpha value is -0.160. The number of likely N-dealkylation sites (tertiary alicyclic amines) is 1. The molecule has 2 rings (SSSR count). The fourth-order valence-electron chi connectivity index (χ4n) is 3.16. The van der Waals surface area contributed by atoms with Crippen LogP contribution >= 0.6 is 0 Å². The average molecular weight is 242 g/mol. The molecular weight excluding hydrogens is 216 g/mol. The molecule has 0 bridgehead atoms. The zero-order valence-electron chi connectivity index (χ0n) is 11.0. The normalized spacial score (nSPS) is 35.3. The highest BCUT2D eigenvalue weighted by Gasteiger charge is 2.40. The van der Waals surface area contributed by atoms with Crippen LogP contribution in [0.2, 0.25) is 0 Å². The lowest BCUT2D eigenvalue weighted by atomic mass is 9.84. The molecule has 2 saturated heterocycles. The Kier molecular flexibility index (Phi) is 4.79. The maximum absolute atomic E-state index is 6.10. The number of rotatable bonds is 4. The van der Waals surface area contributed by atoms with E-state index in [1.807, 2.05) is 7.11 Å².